The van der Waals surface area contributed by atoms with Crippen LogP contribution in [0.3, 0.4) is 0 Å². The Morgan fingerprint density at radius 2 is 1.88 bits per heavy atom. The van der Waals surface area contributed by atoms with E-state index in [1.54, 1.807) is 16.7 Å². The number of nitrogens with one attached hydrogen (secondary N) is 2. The van der Waals surface area contributed by atoms with E-state index >= 15 is 0 Å². The maximum atomic E-state index is 13.4. The molecule has 34 heavy (non-hydrogen) atoms. The molecule has 0 fully saturated rings. The Bertz CT molecular complexity index is 1340. The standard InChI is InChI=1S/C24H21FN6OS2/c1-15-16(2)31(19-10-8-18(25)9-11-19)22(20(15)12-26)28-21(32)14-33-24-30-29-23(34-24)27-13-17-6-4-3-5-7-17/h3-11H,13-14H2,1-2H3,(H,27,29)(H,28,32). The Morgan fingerprint density at radius 3 is 2.59 bits per heavy atom. The van der Waals surface area contributed by atoms with Gasteiger partial charge in [0.2, 0.25) is 11.0 Å². The van der Waals surface area contributed by atoms with Crippen molar-refractivity contribution in [3.8, 4) is 11.8 Å². The average Bonchev–Trinajstić information content (AvgIpc) is 3.40. The minimum Gasteiger partial charge on any atom is -0.356 e. The molecule has 2 N–H and O–H groups in total. The Kier molecular flexibility index (Phi) is 7.25. The summed E-state index contributed by atoms with van der Waals surface area (Å²) in [5.74, 6) is -0.166. The van der Waals surface area contributed by atoms with Crippen molar-refractivity contribution in [1.82, 2.24) is 14.8 Å². The maximum absolute atomic E-state index is 13.4. The van der Waals surface area contributed by atoms with Gasteiger partial charge in [-0.25, -0.2) is 4.39 Å². The van der Waals surface area contributed by atoms with Gasteiger partial charge >= 0.3 is 0 Å². The number of anilines is 2. The van der Waals surface area contributed by atoms with Crippen molar-refractivity contribution in [2.45, 2.75) is 24.7 Å². The molecule has 0 aliphatic carbocycles. The van der Waals surface area contributed by atoms with Crippen molar-refractivity contribution in [2.24, 2.45) is 0 Å². The fourth-order valence-electron chi connectivity index (χ4n) is 3.38. The molecule has 0 radical (unpaired) electrons. The number of nitriles is 1. The van der Waals surface area contributed by atoms with E-state index in [2.05, 4.69) is 26.9 Å². The van der Waals surface area contributed by atoms with E-state index in [0.29, 0.717) is 33.1 Å². The molecule has 172 valence electrons. The van der Waals surface area contributed by atoms with E-state index in [9.17, 15) is 14.4 Å². The van der Waals surface area contributed by atoms with Crippen LogP contribution >= 0.6 is 23.1 Å². The molecular formula is C24H21FN6OS2. The van der Waals surface area contributed by atoms with Crippen LogP contribution in [0.5, 0.6) is 0 Å². The lowest BCUT2D eigenvalue weighted by Crippen LogP contribution is -2.17. The lowest BCUT2D eigenvalue weighted by atomic mass is 10.2. The van der Waals surface area contributed by atoms with E-state index < -0.39 is 0 Å². The Balaban J connectivity index is 1.43. The molecule has 4 rings (SSSR count). The highest BCUT2D eigenvalue weighted by molar-refractivity contribution is 8.01. The number of hydrogen-bond acceptors (Lipinski definition) is 7. The fraction of sp³-hybridized carbons (Fsp3) is 0.167. The second kappa shape index (κ2) is 10.5. The molecule has 0 aliphatic heterocycles. The molecule has 0 aliphatic rings. The quantitative estimate of drug-likeness (QED) is 0.324. The van der Waals surface area contributed by atoms with Gasteiger partial charge in [0.15, 0.2) is 4.34 Å². The molecule has 0 unspecified atom stereocenters. The predicted octanol–water partition coefficient (Wildman–Crippen LogP) is 5.30. The van der Waals surface area contributed by atoms with E-state index in [-0.39, 0.29) is 17.5 Å². The zero-order valence-corrected chi connectivity index (χ0v) is 20.1. The largest absolute Gasteiger partial charge is 0.356 e. The zero-order valence-electron chi connectivity index (χ0n) is 18.5. The number of carbonyl (C=O) groups is 1. The summed E-state index contributed by atoms with van der Waals surface area (Å²) in [6.45, 7) is 4.31. The second-order valence-electron chi connectivity index (χ2n) is 7.41. The summed E-state index contributed by atoms with van der Waals surface area (Å²) >= 11 is 2.64. The molecule has 1 amide bonds. The summed E-state index contributed by atoms with van der Waals surface area (Å²) < 4.78 is 15.8. The van der Waals surface area contributed by atoms with Gasteiger partial charge in [-0.2, -0.15) is 5.26 Å². The first-order chi connectivity index (χ1) is 16.5. The lowest BCUT2D eigenvalue weighted by molar-refractivity contribution is -0.113. The van der Waals surface area contributed by atoms with Gasteiger partial charge in [-0.15, -0.1) is 10.2 Å². The van der Waals surface area contributed by atoms with Gasteiger partial charge in [0.1, 0.15) is 17.7 Å². The number of hydrogen-bond donors (Lipinski definition) is 2. The molecule has 0 bridgehead atoms. The molecule has 10 heteroatoms. The van der Waals surface area contributed by atoms with Crippen molar-refractivity contribution < 1.29 is 9.18 Å². The van der Waals surface area contributed by atoms with Crippen molar-refractivity contribution in [2.75, 3.05) is 16.4 Å². The van der Waals surface area contributed by atoms with Crippen LogP contribution in [-0.2, 0) is 11.3 Å². The van der Waals surface area contributed by atoms with E-state index in [1.165, 1.54) is 35.2 Å². The van der Waals surface area contributed by atoms with Gasteiger partial charge in [-0.1, -0.05) is 53.4 Å². The molecule has 0 spiro atoms. The summed E-state index contributed by atoms with van der Waals surface area (Å²) in [5, 5.41) is 24.7. The summed E-state index contributed by atoms with van der Waals surface area (Å²) in [4.78, 5) is 12.8. The average molecular weight is 493 g/mol. The molecule has 0 saturated carbocycles. The highest BCUT2D eigenvalue weighted by Gasteiger charge is 2.21. The maximum Gasteiger partial charge on any atom is 0.235 e. The van der Waals surface area contributed by atoms with Crippen molar-refractivity contribution in [1.29, 1.82) is 5.26 Å². The molecular weight excluding hydrogens is 471 g/mol. The van der Waals surface area contributed by atoms with Crippen molar-refractivity contribution in [3.05, 3.63) is 82.8 Å². The van der Waals surface area contributed by atoms with Crippen LogP contribution in [0.25, 0.3) is 5.69 Å². The summed E-state index contributed by atoms with van der Waals surface area (Å²) in [5.41, 5.74) is 3.72. The molecule has 2 aromatic heterocycles. The number of nitrogens with zero attached hydrogens (tertiary/aromatic N) is 4. The molecule has 7 nitrogen and oxygen atoms in total. The topological polar surface area (TPSA) is 95.6 Å². The van der Waals surface area contributed by atoms with Crippen LogP contribution in [0.4, 0.5) is 15.3 Å². The van der Waals surface area contributed by atoms with Crippen LogP contribution in [0.2, 0.25) is 0 Å². The normalized spacial score (nSPS) is 10.6. The van der Waals surface area contributed by atoms with Crippen molar-refractivity contribution in [3.63, 3.8) is 0 Å². The van der Waals surface area contributed by atoms with Crippen LogP contribution in [0.15, 0.2) is 58.9 Å². The number of rotatable bonds is 8. The summed E-state index contributed by atoms with van der Waals surface area (Å²) in [7, 11) is 0. The van der Waals surface area contributed by atoms with Gasteiger partial charge in [0.05, 0.1) is 11.3 Å². The minimum absolute atomic E-state index is 0.102. The molecule has 0 atom stereocenters. The molecule has 2 heterocycles. The highest BCUT2D eigenvalue weighted by atomic mass is 32.2. The lowest BCUT2D eigenvalue weighted by Gasteiger charge is -2.13. The van der Waals surface area contributed by atoms with Crippen molar-refractivity contribution >= 4 is 40.0 Å². The van der Waals surface area contributed by atoms with E-state index in [0.717, 1.165) is 16.8 Å². The predicted molar refractivity (Wildman–Crippen MR) is 133 cm³/mol. The summed E-state index contributed by atoms with van der Waals surface area (Å²) in [6.07, 6.45) is 0. The Hall–Kier alpha value is -3.68. The third-order valence-corrected chi connectivity index (χ3v) is 7.20. The minimum atomic E-state index is -0.359. The zero-order chi connectivity index (χ0) is 24.1. The Morgan fingerprint density at radius 1 is 1.15 bits per heavy atom. The number of thioether (sulfide) groups is 1. The first kappa shape index (κ1) is 23.5. The van der Waals surface area contributed by atoms with Crippen LogP contribution < -0.4 is 10.6 Å². The molecule has 4 aromatic rings. The summed E-state index contributed by atoms with van der Waals surface area (Å²) in [6, 6.07) is 18.0. The number of aromatic nitrogens is 3. The van der Waals surface area contributed by atoms with Gasteiger partial charge in [0, 0.05) is 17.9 Å². The van der Waals surface area contributed by atoms with Gasteiger partial charge in [-0.3, -0.25) is 9.36 Å². The van der Waals surface area contributed by atoms with E-state index in [4.69, 9.17) is 0 Å². The number of halogens is 1. The Labute approximate surface area is 204 Å². The van der Waals surface area contributed by atoms with Crippen LogP contribution in [-0.4, -0.2) is 26.4 Å². The van der Waals surface area contributed by atoms with Gasteiger partial charge in [-0.05, 0) is 49.2 Å². The fourth-order valence-corrected chi connectivity index (χ4v) is 4.93. The first-order valence-electron chi connectivity index (χ1n) is 10.4. The number of carbonyl (C=O) groups excluding carboxylic acids is 1. The molecule has 0 saturated heterocycles. The SMILES string of the molecule is Cc1c(C#N)c(NC(=O)CSc2nnc(NCc3ccccc3)s2)n(-c2ccc(F)cc2)c1C. The number of benzene rings is 2. The van der Waals surface area contributed by atoms with Gasteiger partial charge < -0.3 is 10.6 Å². The van der Waals surface area contributed by atoms with Crippen LogP contribution in [0.1, 0.15) is 22.4 Å². The number of amides is 1. The first-order valence-corrected chi connectivity index (χ1v) is 12.2. The monoisotopic (exact) mass is 492 g/mol. The second-order valence-corrected chi connectivity index (χ2v) is 9.61. The smallest absolute Gasteiger partial charge is 0.235 e. The van der Waals surface area contributed by atoms with E-state index in [1.807, 2.05) is 44.2 Å². The third-order valence-electron chi connectivity index (χ3n) is 5.19. The third kappa shape index (κ3) is 5.27. The van der Waals surface area contributed by atoms with Crippen LogP contribution in [0, 0.1) is 31.0 Å². The highest BCUT2D eigenvalue weighted by Crippen LogP contribution is 2.31. The molecule has 2 aromatic carbocycles. The van der Waals surface area contributed by atoms with Gasteiger partial charge in [0.25, 0.3) is 0 Å².